The summed E-state index contributed by atoms with van der Waals surface area (Å²) in [5.41, 5.74) is 0.637. The van der Waals surface area contributed by atoms with Gasteiger partial charge < -0.3 is 4.74 Å². The van der Waals surface area contributed by atoms with E-state index in [9.17, 15) is 23.3 Å². The largest absolute Gasteiger partial charge is 0.454 e. The van der Waals surface area contributed by atoms with Gasteiger partial charge in [0.1, 0.15) is 9.90 Å². The third-order valence-electron chi connectivity index (χ3n) is 5.08. The van der Waals surface area contributed by atoms with Gasteiger partial charge in [-0.2, -0.15) is 9.57 Å². The summed E-state index contributed by atoms with van der Waals surface area (Å²) >= 11 is 7.32. The molecule has 1 fully saturated rings. The number of thiazole rings is 1. The molecule has 1 aromatic carbocycles. The Balaban J connectivity index is 1.74. The monoisotopic (exact) mass is 495 g/mol. The van der Waals surface area contributed by atoms with Crippen molar-refractivity contribution in [2.24, 2.45) is 5.92 Å². The second-order valence-electron chi connectivity index (χ2n) is 7.69. The molecule has 1 aliphatic rings. The summed E-state index contributed by atoms with van der Waals surface area (Å²) in [6.45, 7) is 3.86. The molecule has 8 nitrogen and oxygen atoms in total. The van der Waals surface area contributed by atoms with Gasteiger partial charge in [-0.05, 0) is 43.9 Å². The molecule has 32 heavy (non-hydrogen) atoms. The number of carbonyl (C=O) groups excluding carboxylic acids is 2. The van der Waals surface area contributed by atoms with Gasteiger partial charge in [0, 0.05) is 24.2 Å². The van der Waals surface area contributed by atoms with Crippen LogP contribution in [-0.2, 0) is 19.6 Å². The summed E-state index contributed by atoms with van der Waals surface area (Å²) in [7, 11) is -3.89. The van der Waals surface area contributed by atoms with E-state index in [1.54, 1.807) is 12.3 Å². The SMILES string of the molecule is Cc1csc([C@H](C#N)C(=O)COC(=O)c2ccc(Cl)c(S(=O)(=O)N3CCC[C@@H](C)C3)c2)n1. The Morgan fingerprint density at radius 2 is 2.19 bits per heavy atom. The molecule has 0 unspecified atom stereocenters. The van der Waals surface area contributed by atoms with Crippen molar-refractivity contribution in [2.75, 3.05) is 19.7 Å². The van der Waals surface area contributed by atoms with Crippen LogP contribution < -0.4 is 0 Å². The third-order valence-corrected chi connectivity index (χ3v) is 8.46. The molecular weight excluding hydrogens is 474 g/mol. The molecule has 0 radical (unpaired) electrons. The Labute approximate surface area is 195 Å². The molecule has 0 bridgehead atoms. The highest BCUT2D eigenvalue weighted by molar-refractivity contribution is 7.89. The Morgan fingerprint density at radius 1 is 1.44 bits per heavy atom. The lowest BCUT2D eigenvalue weighted by Gasteiger charge is -2.30. The number of ketones is 1. The summed E-state index contributed by atoms with van der Waals surface area (Å²) in [4.78, 5) is 28.8. The number of piperidine rings is 1. The highest BCUT2D eigenvalue weighted by Crippen LogP contribution is 2.29. The van der Waals surface area contributed by atoms with Crippen LogP contribution in [0.4, 0.5) is 0 Å². The van der Waals surface area contributed by atoms with Crippen molar-refractivity contribution in [1.82, 2.24) is 9.29 Å². The minimum atomic E-state index is -3.89. The summed E-state index contributed by atoms with van der Waals surface area (Å²) in [5.74, 6) is -2.40. The Morgan fingerprint density at radius 3 is 2.81 bits per heavy atom. The van der Waals surface area contributed by atoms with E-state index in [-0.39, 0.29) is 21.4 Å². The molecule has 1 saturated heterocycles. The van der Waals surface area contributed by atoms with Gasteiger partial charge >= 0.3 is 5.97 Å². The quantitative estimate of drug-likeness (QED) is 0.539. The van der Waals surface area contributed by atoms with Crippen molar-refractivity contribution in [1.29, 1.82) is 5.26 Å². The number of halogens is 1. The topological polar surface area (TPSA) is 117 Å². The molecule has 0 saturated carbocycles. The number of hydrogen-bond donors (Lipinski definition) is 0. The zero-order valence-corrected chi connectivity index (χ0v) is 20.0. The van der Waals surface area contributed by atoms with Crippen molar-refractivity contribution in [3.05, 3.63) is 44.9 Å². The molecule has 2 aromatic rings. The van der Waals surface area contributed by atoms with Crippen LogP contribution in [0.25, 0.3) is 0 Å². The number of aromatic nitrogens is 1. The third kappa shape index (κ3) is 5.35. The van der Waals surface area contributed by atoms with Crippen molar-refractivity contribution in [2.45, 2.75) is 37.5 Å². The van der Waals surface area contributed by atoms with Gasteiger partial charge in [0.05, 0.1) is 16.7 Å². The van der Waals surface area contributed by atoms with Crippen LogP contribution in [0.3, 0.4) is 0 Å². The van der Waals surface area contributed by atoms with Crippen molar-refractivity contribution >= 4 is 44.7 Å². The first-order chi connectivity index (χ1) is 15.1. The van der Waals surface area contributed by atoms with Crippen LogP contribution in [0, 0.1) is 24.2 Å². The van der Waals surface area contributed by atoms with E-state index < -0.39 is 34.3 Å². The summed E-state index contributed by atoms with van der Waals surface area (Å²) < 4.78 is 32.6. The molecular formula is C21H22ClN3O5S2. The molecule has 11 heteroatoms. The first-order valence-electron chi connectivity index (χ1n) is 9.94. The van der Waals surface area contributed by atoms with Gasteiger partial charge in [-0.3, -0.25) is 4.79 Å². The molecule has 0 aliphatic carbocycles. The normalized spacial score (nSPS) is 18.0. The Hall–Kier alpha value is -2.32. The van der Waals surface area contributed by atoms with Crippen molar-refractivity contribution < 1.29 is 22.7 Å². The van der Waals surface area contributed by atoms with Crippen LogP contribution in [0.2, 0.25) is 5.02 Å². The average molecular weight is 496 g/mol. The summed E-state index contributed by atoms with van der Waals surface area (Å²) in [5, 5.41) is 11.4. The van der Waals surface area contributed by atoms with E-state index in [2.05, 4.69) is 4.98 Å². The number of Topliss-reactive ketones (excluding diaryl/α,β-unsaturated/α-hetero) is 1. The lowest BCUT2D eigenvalue weighted by atomic mass is 10.0. The van der Waals surface area contributed by atoms with Gasteiger partial charge in [-0.1, -0.05) is 18.5 Å². The zero-order chi connectivity index (χ0) is 23.5. The molecule has 2 atom stereocenters. The number of nitriles is 1. The number of carbonyl (C=O) groups is 2. The lowest BCUT2D eigenvalue weighted by molar-refractivity contribution is -0.122. The number of hydrogen-bond acceptors (Lipinski definition) is 8. The van der Waals surface area contributed by atoms with E-state index in [0.717, 1.165) is 18.9 Å². The minimum Gasteiger partial charge on any atom is -0.454 e. The van der Waals surface area contributed by atoms with Crippen molar-refractivity contribution in [3.8, 4) is 6.07 Å². The molecule has 0 amide bonds. The van der Waals surface area contributed by atoms with Gasteiger partial charge in [-0.15, -0.1) is 11.3 Å². The highest BCUT2D eigenvalue weighted by Gasteiger charge is 2.31. The number of benzene rings is 1. The van der Waals surface area contributed by atoms with E-state index in [4.69, 9.17) is 16.3 Å². The minimum absolute atomic E-state index is 0.000429. The first-order valence-corrected chi connectivity index (χ1v) is 12.6. The molecule has 1 aliphatic heterocycles. The standard InChI is InChI=1S/C21H22ClN3O5S2/c1-13-4-3-7-25(10-13)32(28,29)19-8-15(5-6-17(19)22)21(27)30-11-18(26)16(9-23)20-24-14(2)12-31-20/h5-6,8,12-13,16H,3-4,7,10-11H2,1-2H3/t13-,16-/m1/s1. The fraction of sp³-hybridized carbons (Fsp3) is 0.429. The number of rotatable bonds is 7. The zero-order valence-electron chi connectivity index (χ0n) is 17.6. The molecule has 0 spiro atoms. The van der Waals surface area contributed by atoms with E-state index in [1.165, 1.54) is 27.8 Å². The van der Waals surface area contributed by atoms with Gasteiger partial charge in [0.25, 0.3) is 0 Å². The van der Waals surface area contributed by atoms with Crippen LogP contribution in [0.5, 0.6) is 0 Å². The average Bonchev–Trinajstić information content (AvgIpc) is 3.18. The highest BCUT2D eigenvalue weighted by atomic mass is 35.5. The number of sulfonamides is 1. The summed E-state index contributed by atoms with van der Waals surface area (Å²) in [6.07, 6.45) is 1.70. The Bertz CT molecular complexity index is 1170. The smallest absolute Gasteiger partial charge is 0.338 e. The number of aryl methyl sites for hydroxylation is 1. The second-order valence-corrected chi connectivity index (χ2v) is 10.9. The molecule has 1 aromatic heterocycles. The van der Waals surface area contributed by atoms with Crippen molar-refractivity contribution in [3.63, 3.8) is 0 Å². The number of ether oxygens (including phenoxy) is 1. The molecule has 2 heterocycles. The molecule has 170 valence electrons. The van der Waals surface area contributed by atoms with E-state index in [1.807, 2.05) is 13.0 Å². The van der Waals surface area contributed by atoms with Gasteiger partial charge in [0.15, 0.2) is 18.3 Å². The fourth-order valence-electron chi connectivity index (χ4n) is 3.40. The predicted octanol–water partition coefficient (Wildman–Crippen LogP) is 3.56. The predicted molar refractivity (Wildman–Crippen MR) is 119 cm³/mol. The maximum Gasteiger partial charge on any atom is 0.338 e. The van der Waals surface area contributed by atoms with Crippen LogP contribution in [-0.4, -0.2) is 49.2 Å². The maximum absolute atomic E-state index is 13.1. The number of esters is 1. The molecule has 0 N–H and O–H groups in total. The summed E-state index contributed by atoms with van der Waals surface area (Å²) in [6, 6.07) is 5.69. The first kappa shape index (κ1) is 24.3. The number of nitrogens with zero attached hydrogens (tertiary/aromatic N) is 3. The van der Waals surface area contributed by atoms with Gasteiger partial charge in [-0.25, -0.2) is 18.2 Å². The van der Waals surface area contributed by atoms with Gasteiger partial charge in [0.2, 0.25) is 10.0 Å². The maximum atomic E-state index is 13.1. The fourth-order valence-corrected chi connectivity index (χ4v) is 6.36. The lowest BCUT2D eigenvalue weighted by Crippen LogP contribution is -2.39. The molecule has 3 rings (SSSR count). The van der Waals surface area contributed by atoms with Crippen LogP contribution in [0.1, 0.15) is 46.7 Å². The van der Waals surface area contributed by atoms with E-state index >= 15 is 0 Å². The van der Waals surface area contributed by atoms with Crippen LogP contribution in [0.15, 0.2) is 28.5 Å². The second kappa shape index (κ2) is 10.1. The van der Waals surface area contributed by atoms with E-state index in [0.29, 0.717) is 23.8 Å². The Kier molecular flexibility index (Phi) is 7.67. The van der Waals surface area contributed by atoms with Crippen LogP contribution >= 0.6 is 22.9 Å².